The van der Waals surface area contributed by atoms with E-state index in [0.29, 0.717) is 17.5 Å². The predicted octanol–water partition coefficient (Wildman–Crippen LogP) is 3.46. The lowest BCUT2D eigenvalue weighted by Crippen LogP contribution is -2.28. The zero-order valence-corrected chi connectivity index (χ0v) is 14.6. The van der Waals surface area contributed by atoms with Crippen molar-refractivity contribution in [1.82, 2.24) is 15.3 Å². The number of pyridine rings is 1. The van der Waals surface area contributed by atoms with Crippen molar-refractivity contribution in [1.29, 1.82) is 0 Å². The molecule has 0 saturated carbocycles. The standard InChI is InChI=1S/C17H17N5O2S/c1-3-18-16(24)22-17-21-13-8-11(4-6-14(13)25-17)12-5-7-15(19-9-12)20-10(2)23/h4-9H,3H2,1-2H3,(H,19,20,23)(H2,18,21,22,24). The maximum atomic E-state index is 11.6. The summed E-state index contributed by atoms with van der Waals surface area (Å²) < 4.78 is 0.985. The predicted molar refractivity (Wildman–Crippen MR) is 99.9 cm³/mol. The fourth-order valence-corrected chi connectivity index (χ4v) is 3.12. The Morgan fingerprint density at radius 2 is 1.92 bits per heavy atom. The molecule has 128 valence electrons. The monoisotopic (exact) mass is 355 g/mol. The van der Waals surface area contributed by atoms with Crippen LogP contribution in [0.1, 0.15) is 13.8 Å². The van der Waals surface area contributed by atoms with Crippen LogP contribution >= 0.6 is 11.3 Å². The minimum Gasteiger partial charge on any atom is -0.338 e. The number of fused-ring (bicyclic) bond motifs is 1. The Bertz CT molecular complexity index is 920. The van der Waals surface area contributed by atoms with Crippen molar-refractivity contribution in [2.45, 2.75) is 13.8 Å². The number of hydrogen-bond acceptors (Lipinski definition) is 5. The Kier molecular flexibility index (Phi) is 4.90. The van der Waals surface area contributed by atoms with Gasteiger partial charge >= 0.3 is 6.03 Å². The van der Waals surface area contributed by atoms with Crippen LogP contribution in [0.5, 0.6) is 0 Å². The molecule has 0 aliphatic carbocycles. The number of urea groups is 1. The summed E-state index contributed by atoms with van der Waals surface area (Å²) in [7, 11) is 0. The number of carbonyl (C=O) groups is 2. The van der Waals surface area contributed by atoms with Crippen LogP contribution in [-0.4, -0.2) is 28.5 Å². The van der Waals surface area contributed by atoms with Crippen molar-refractivity contribution in [3.63, 3.8) is 0 Å². The third-order valence-electron chi connectivity index (χ3n) is 3.35. The minimum absolute atomic E-state index is 0.156. The normalized spacial score (nSPS) is 10.5. The third-order valence-corrected chi connectivity index (χ3v) is 4.30. The van der Waals surface area contributed by atoms with Crippen molar-refractivity contribution in [3.8, 4) is 11.1 Å². The van der Waals surface area contributed by atoms with Crippen LogP contribution < -0.4 is 16.0 Å². The summed E-state index contributed by atoms with van der Waals surface area (Å²) in [5.74, 6) is 0.357. The Morgan fingerprint density at radius 1 is 1.12 bits per heavy atom. The van der Waals surface area contributed by atoms with Crippen molar-refractivity contribution < 1.29 is 9.59 Å². The average molecular weight is 355 g/mol. The van der Waals surface area contributed by atoms with Gasteiger partial charge in [-0.05, 0) is 36.8 Å². The third kappa shape index (κ3) is 4.10. The molecule has 3 aromatic rings. The van der Waals surface area contributed by atoms with E-state index in [1.807, 2.05) is 31.2 Å². The maximum Gasteiger partial charge on any atom is 0.321 e. The van der Waals surface area contributed by atoms with E-state index in [0.717, 1.165) is 21.3 Å². The van der Waals surface area contributed by atoms with Gasteiger partial charge in [-0.2, -0.15) is 0 Å². The molecule has 1 aromatic carbocycles. The van der Waals surface area contributed by atoms with Crippen LogP contribution in [0.4, 0.5) is 15.7 Å². The number of carbonyl (C=O) groups excluding carboxylic acids is 2. The first-order valence-electron chi connectivity index (χ1n) is 7.74. The molecule has 0 spiro atoms. The number of amides is 3. The van der Waals surface area contributed by atoms with Crippen molar-refractivity contribution in [2.75, 3.05) is 17.2 Å². The smallest absolute Gasteiger partial charge is 0.321 e. The van der Waals surface area contributed by atoms with Gasteiger partial charge in [0, 0.05) is 25.2 Å². The maximum absolute atomic E-state index is 11.6. The van der Waals surface area contributed by atoms with Gasteiger partial charge in [0.05, 0.1) is 10.2 Å². The Hall–Kier alpha value is -3.00. The fraction of sp³-hybridized carbons (Fsp3) is 0.176. The van der Waals surface area contributed by atoms with Gasteiger partial charge in [0.25, 0.3) is 0 Å². The molecule has 3 amide bonds. The summed E-state index contributed by atoms with van der Waals surface area (Å²) in [6.07, 6.45) is 1.70. The summed E-state index contributed by atoms with van der Waals surface area (Å²) in [6, 6.07) is 9.27. The number of nitrogens with zero attached hydrogens (tertiary/aromatic N) is 2. The molecule has 8 heteroatoms. The molecule has 2 heterocycles. The number of rotatable bonds is 4. The molecule has 0 saturated heterocycles. The molecule has 3 N–H and O–H groups in total. The van der Waals surface area contributed by atoms with Crippen LogP contribution in [-0.2, 0) is 4.79 Å². The van der Waals surface area contributed by atoms with E-state index in [1.165, 1.54) is 18.3 Å². The Morgan fingerprint density at radius 3 is 2.60 bits per heavy atom. The summed E-state index contributed by atoms with van der Waals surface area (Å²) in [5.41, 5.74) is 2.69. The van der Waals surface area contributed by atoms with E-state index in [1.54, 1.807) is 12.3 Å². The summed E-state index contributed by atoms with van der Waals surface area (Å²) in [6.45, 7) is 3.86. The van der Waals surface area contributed by atoms with Gasteiger partial charge in [0.15, 0.2) is 5.13 Å². The first-order valence-corrected chi connectivity index (χ1v) is 8.56. The molecule has 2 aromatic heterocycles. The fourth-order valence-electron chi connectivity index (χ4n) is 2.28. The first kappa shape index (κ1) is 16.8. The SMILES string of the molecule is CCNC(=O)Nc1nc2cc(-c3ccc(NC(C)=O)nc3)ccc2s1. The summed E-state index contributed by atoms with van der Waals surface area (Å²) in [4.78, 5) is 31.3. The lowest BCUT2D eigenvalue weighted by molar-refractivity contribution is -0.114. The highest BCUT2D eigenvalue weighted by molar-refractivity contribution is 7.22. The first-order chi connectivity index (χ1) is 12.0. The minimum atomic E-state index is -0.264. The van der Waals surface area contributed by atoms with E-state index in [2.05, 4.69) is 25.9 Å². The number of benzene rings is 1. The Labute approximate surface area is 148 Å². The van der Waals surface area contributed by atoms with E-state index >= 15 is 0 Å². The molecule has 0 bridgehead atoms. The van der Waals surface area contributed by atoms with Crippen molar-refractivity contribution in [3.05, 3.63) is 36.5 Å². The van der Waals surface area contributed by atoms with E-state index in [-0.39, 0.29) is 11.9 Å². The number of nitrogens with one attached hydrogen (secondary N) is 3. The molecular weight excluding hydrogens is 338 g/mol. The molecule has 0 unspecified atom stereocenters. The van der Waals surface area contributed by atoms with E-state index in [4.69, 9.17) is 0 Å². The van der Waals surface area contributed by atoms with Gasteiger partial charge in [-0.3, -0.25) is 10.1 Å². The molecular formula is C17H17N5O2S. The lowest BCUT2D eigenvalue weighted by atomic mass is 10.1. The number of thiazole rings is 1. The molecule has 0 aliphatic rings. The van der Waals surface area contributed by atoms with Gasteiger partial charge in [-0.25, -0.2) is 14.8 Å². The highest BCUT2D eigenvalue weighted by Gasteiger charge is 2.09. The molecule has 0 atom stereocenters. The molecule has 0 aliphatic heterocycles. The average Bonchev–Trinajstić information content (AvgIpc) is 2.96. The summed E-state index contributed by atoms with van der Waals surface area (Å²) in [5, 5.41) is 8.59. The van der Waals surface area contributed by atoms with Gasteiger partial charge in [0.1, 0.15) is 5.82 Å². The van der Waals surface area contributed by atoms with E-state index in [9.17, 15) is 9.59 Å². The zero-order chi connectivity index (χ0) is 17.8. The summed E-state index contributed by atoms with van der Waals surface area (Å²) >= 11 is 1.42. The largest absolute Gasteiger partial charge is 0.338 e. The van der Waals surface area contributed by atoms with Crippen molar-refractivity contribution in [2.24, 2.45) is 0 Å². The highest BCUT2D eigenvalue weighted by Crippen LogP contribution is 2.30. The lowest BCUT2D eigenvalue weighted by Gasteiger charge is -2.04. The topological polar surface area (TPSA) is 96.0 Å². The second-order valence-electron chi connectivity index (χ2n) is 5.30. The van der Waals surface area contributed by atoms with Crippen LogP contribution in [0, 0.1) is 0 Å². The van der Waals surface area contributed by atoms with Crippen LogP contribution in [0.2, 0.25) is 0 Å². The molecule has 25 heavy (non-hydrogen) atoms. The molecule has 7 nitrogen and oxygen atoms in total. The highest BCUT2D eigenvalue weighted by atomic mass is 32.1. The van der Waals surface area contributed by atoms with Crippen LogP contribution in [0.15, 0.2) is 36.5 Å². The Balaban J connectivity index is 1.83. The number of aromatic nitrogens is 2. The second kappa shape index (κ2) is 7.27. The van der Waals surface area contributed by atoms with Crippen LogP contribution in [0.3, 0.4) is 0 Å². The molecule has 3 rings (SSSR count). The number of anilines is 2. The zero-order valence-electron chi connectivity index (χ0n) is 13.8. The quantitative estimate of drug-likeness (QED) is 0.668. The molecule has 0 fully saturated rings. The van der Waals surface area contributed by atoms with Gasteiger partial charge < -0.3 is 10.6 Å². The number of hydrogen-bond donors (Lipinski definition) is 3. The van der Waals surface area contributed by atoms with Gasteiger partial charge in [-0.15, -0.1) is 0 Å². The second-order valence-corrected chi connectivity index (χ2v) is 6.33. The van der Waals surface area contributed by atoms with E-state index < -0.39 is 0 Å². The van der Waals surface area contributed by atoms with Gasteiger partial charge in [-0.1, -0.05) is 17.4 Å². The van der Waals surface area contributed by atoms with Gasteiger partial charge in [0.2, 0.25) is 5.91 Å². The van der Waals surface area contributed by atoms with Crippen molar-refractivity contribution >= 4 is 44.4 Å². The molecule has 0 radical (unpaired) electrons. The van der Waals surface area contributed by atoms with Crippen LogP contribution in [0.25, 0.3) is 21.3 Å².